The second-order valence-electron chi connectivity index (χ2n) is 4.94. The van der Waals surface area contributed by atoms with Crippen LogP contribution in [0, 0.1) is 13.8 Å². The maximum Gasteiger partial charge on any atom is 0.317 e. The Kier molecular flexibility index (Phi) is 6.84. The average Bonchev–Trinajstić information content (AvgIpc) is 2.39. The molecule has 0 saturated carbocycles. The molecule has 0 heterocycles. The number of hydrogen-bond acceptors (Lipinski definition) is 4. The van der Waals surface area contributed by atoms with Gasteiger partial charge in [0.25, 0.3) is 0 Å². The highest BCUT2D eigenvalue weighted by molar-refractivity contribution is 5.92. The molecule has 6 nitrogen and oxygen atoms in total. The molecular formula is C15H22N2O4. The number of methoxy groups -OCH3 is 1. The fraction of sp³-hybridized carbons (Fsp3) is 0.467. The van der Waals surface area contributed by atoms with Crippen molar-refractivity contribution in [1.82, 2.24) is 4.90 Å². The van der Waals surface area contributed by atoms with E-state index in [0.29, 0.717) is 18.8 Å². The predicted octanol–water partition coefficient (Wildman–Crippen LogP) is 1.27. The summed E-state index contributed by atoms with van der Waals surface area (Å²) in [5.74, 6) is -1.21. The number of anilines is 1. The van der Waals surface area contributed by atoms with Crippen molar-refractivity contribution < 1.29 is 19.4 Å². The number of aryl methyl sites for hydroxylation is 2. The maximum absolute atomic E-state index is 12.0. The van der Waals surface area contributed by atoms with Crippen LogP contribution in [-0.4, -0.2) is 55.2 Å². The summed E-state index contributed by atoms with van der Waals surface area (Å²) in [5, 5.41) is 11.6. The van der Waals surface area contributed by atoms with E-state index in [-0.39, 0.29) is 19.0 Å². The van der Waals surface area contributed by atoms with Gasteiger partial charge in [-0.2, -0.15) is 0 Å². The first kappa shape index (κ1) is 17.1. The molecule has 21 heavy (non-hydrogen) atoms. The molecule has 0 radical (unpaired) electrons. The summed E-state index contributed by atoms with van der Waals surface area (Å²) >= 11 is 0. The van der Waals surface area contributed by atoms with E-state index in [4.69, 9.17) is 9.84 Å². The normalized spacial score (nSPS) is 10.7. The minimum absolute atomic E-state index is 0.0165. The number of carboxylic acids is 1. The Morgan fingerprint density at radius 1 is 1.24 bits per heavy atom. The number of carboxylic acid groups (broad SMARTS) is 1. The fourth-order valence-electron chi connectivity index (χ4n) is 1.85. The standard InChI is InChI=1S/C15H22N2O4/c1-11-4-5-13(8-12(11)2)16-14(18)9-17(6-7-21-3)10-15(19)20/h4-5,8H,6-7,9-10H2,1-3H3,(H,16,18)(H,19,20). The van der Waals surface area contributed by atoms with Gasteiger partial charge in [-0.15, -0.1) is 0 Å². The van der Waals surface area contributed by atoms with Crippen LogP contribution in [0.4, 0.5) is 5.69 Å². The van der Waals surface area contributed by atoms with Gasteiger partial charge < -0.3 is 15.2 Å². The highest BCUT2D eigenvalue weighted by Gasteiger charge is 2.14. The first-order valence-corrected chi connectivity index (χ1v) is 6.72. The molecule has 0 spiro atoms. The molecule has 1 aromatic rings. The van der Waals surface area contributed by atoms with Crippen molar-refractivity contribution in [3.63, 3.8) is 0 Å². The van der Waals surface area contributed by atoms with E-state index in [0.717, 1.165) is 11.1 Å². The van der Waals surface area contributed by atoms with Gasteiger partial charge in [0.15, 0.2) is 0 Å². The van der Waals surface area contributed by atoms with Gasteiger partial charge >= 0.3 is 5.97 Å². The van der Waals surface area contributed by atoms with E-state index in [1.54, 1.807) is 0 Å². The highest BCUT2D eigenvalue weighted by Crippen LogP contribution is 2.14. The van der Waals surface area contributed by atoms with E-state index in [9.17, 15) is 9.59 Å². The van der Waals surface area contributed by atoms with Gasteiger partial charge in [0.1, 0.15) is 0 Å². The lowest BCUT2D eigenvalue weighted by Crippen LogP contribution is -2.38. The van der Waals surface area contributed by atoms with Gasteiger partial charge in [-0.3, -0.25) is 14.5 Å². The van der Waals surface area contributed by atoms with Crippen molar-refractivity contribution in [2.75, 3.05) is 38.7 Å². The van der Waals surface area contributed by atoms with Crippen LogP contribution in [-0.2, 0) is 14.3 Å². The summed E-state index contributed by atoms with van der Waals surface area (Å²) in [4.78, 5) is 24.3. The lowest BCUT2D eigenvalue weighted by molar-refractivity contribution is -0.138. The van der Waals surface area contributed by atoms with Gasteiger partial charge in [-0.25, -0.2) is 0 Å². The van der Waals surface area contributed by atoms with Crippen molar-refractivity contribution in [3.8, 4) is 0 Å². The third-order valence-corrected chi connectivity index (χ3v) is 3.13. The van der Waals surface area contributed by atoms with Crippen molar-refractivity contribution in [2.24, 2.45) is 0 Å². The van der Waals surface area contributed by atoms with Crippen LogP contribution in [0.25, 0.3) is 0 Å². The number of carbonyl (C=O) groups excluding carboxylic acids is 1. The van der Waals surface area contributed by atoms with E-state index >= 15 is 0 Å². The maximum atomic E-state index is 12.0. The Morgan fingerprint density at radius 3 is 2.52 bits per heavy atom. The number of hydrogen-bond donors (Lipinski definition) is 2. The smallest absolute Gasteiger partial charge is 0.317 e. The molecule has 0 atom stereocenters. The molecule has 1 amide bonds. The molecule has 0 aliphatic heterocycles. The number of ether oxygens (including phenoxy) is 1. The van der Waals surface area contributed by atoms with E-state index in [2.05, 4.69) is 5.32 Å². The second-order valence-corrected chi connectivity index (χ2v) is 4.94. The minimum atomic E-state index is -0.968. The fourth-order valence-corrected chi connectivity index (χ4v) is 1.85. The van der Waals surface area contributed by atoms with Crippen LogP contribution in [0.2, 0.25) is 0 Å². The zero-order valence-corrected chi connectivity index (χ0v) is 12.7. The van der Waals surface area contributed by atoms with Crippen molar-refractivity contribution in [1.29, 1.82) is 0 Å². The summed E-state index contributed by atoms with van der Waals surface area (Å²) in [6, 6.07) is 5.66. The van der Waals surface area contributed by atoms with Crippen molar-refractivity contribution >= 4 is 17.6 Å². The molecule has 2 N–H and O–H groups in total. The Morgan fingerprint density at radius 2 is 1.95 bits per heavy atom. The topological polar surface area (TPSA) is 78.9 Å². The van der Waals surface area contributed by atoms with Gasteiger partial charge in [-0.05, 0) is 37.1 Å². The lowest BCUT2D eigenvalue weighted by atomic mass is 10.1. The van der Waals surface area contributed by atoms with Crippen molar-refractivity contribution in [3.05, 3.63) is 29.3 Å². The summed E-state index contributed by atoms with van der Waals surface area (Å²) in [7, 11) is 1.54. The minimum Gasteiger partial charge on any atom is -0.480 e. The SMILES string of the molecule is COCCN(CC(=O)O)CC(=O)Nc1ccc(C)c(C)c1. The second kappa shape index (κ2) is 8.39. The molecule has 6 heteroatoms. The molecule has 1 aromatic carbocycles. The number of aliphatic carboxylic acids is 1. The monoisotopic (exact) mass is 294 g/mol. The first-order chi connectivity index (χ1) is 9.92. The van der Waals surface area contributed by atoms with Gasteiger partial charge in [-0.1, -0.05) is 6.07 Å². The number of nitrogens with one attached hydrogen (secondary N) is 1. The van der Waals surface area contributed by atoms with Gasteiger partial charge in [0.2, 0.25) is 5.91 Å². The van der Waals surface area contributed by atoms with Gasteiger partial charge in [0.05, 0.1) is 19.7 Å². The molecule has 0 saturated heterocycles. The van der Waals surface area contributed by atoms with Crippen LogP contribution in [0.5, 0.6) is 0 Å². The summed E-state index contributed by atoms with van der Waals surface area (Å²) in [6.45, 7) is 4.57. The largest absolute Gasteiger partial charge is 0.480 e. The molecule has 1 rings (SSSR count). The van der Waals surface area contributed by atoms with Crippen LogP contribution in [0.1, 0.15) is 11.1 Å². The molecular weight excluding hydrogens is 272 g/mol. The molecule has 0 unspecified atom stereocenters. The molecule has 0 bridgehead atoms. The molecule has 0 aromatic heterocycles. The zero-order valence-electron chi connectivity index (χ0n) is 12.7. The van der Waals surface area contributed by atoms with Crippen LogP contribution < -0.4 is 5.32 Å². The zero-order chi connectivity index (χ0) is 15.8. The molecule has 0 fully saturated rings. The Bertz CT molecular complexity index is 502. The summed E-state index contributed by atoms with van der Waals surface area (Å²) < 4.78 is 4.92. The van der Waals surface area contributed by atoms with E-state index < -0.39 is 5.97 Å². The van der Waals surface area contributed by atoms with E-state index in [1.807, 2.05) is 32.0 Å². The molecule has 0 aliphatic rings. The quantitative estimate of drug-likeness (QED) is 0.755. The molecule has 0 aliphatic carbocycles. The number of nitrogens with zero attached hydrogens (tertiary/aromatic N) is 1. The first-order valence-electron chi connectivity index (χ1n) is 6.72. The summed E-state index contributed by atoms with van der Waals surface area (Å²) in [6.07, 6.45) is 0. The van der Waals surface area contributed by atoms with Crippen molar-refractivity contribution in [2.45, 2.75) is 13.8 Å². The number of carbonyl (C=O) groups is 2. The number of amides is 1. The van der Waals surface area contributed by atoms with E-state index in [1.165, 1.54) is 12.0 Å². The Balaban J connectivity index is 2.59. The number of rotatable bonds is 8. The van der Waals surface area contributed by atoms with Crippen LogP contribution in [0.15, 0.2) is 18.2 Å². The van der Waals surface area contributed by atoms with Crippen LogP contribution >= 0.6 is 0 Å². The van der Waals surface area contributed by atoms with Crippen LogP contribution in [0.3, 0.4) is 0 Å². The third-order valence-electron chi connectivity index (χ3n) is 3.13. The Labute approximate surface area is 124 Å². The highest BCUT2D eigenvalue weighted by atomic mass is 16.5. The summed E-state index contributed by atoms with van der Waals surface area (Å²) in [5.41, 5.74) is 2.96. The average molecular weight is 294 g/mol. The van der Waals surface area contributed by atoms with Gasteiger partial charge in [0, 0.05) is 19.3 Å². The Hall–Kier alpha value is -1.92. The number of benzene rings is 1. The lowest BCUT2D eigenvalue weighted by Gasteiger charge is -2.19. The predicted molar refractivity (Wildman–Crippen MR) is 80.5 cm³/mol. The third kappa shape index (κ3) is 6.37. The molecule has 116 valence electrons.